The van der Waals surface area contributed by atoms with Crippen LogP contribution in [-0.2, 0) is 14.8 Å². The number of amides is 1. The van der Waals surface area contributed by atoms with E-state index in [9.17, 15) is 23.3 Å². The SMILES string of the molecule is CCC(CC)NC(=O)C1CCN(S(=O)(=O)c2ccc(NC)c([N+](=O)[O-])c2)CC1. The van der Waals surface area contributed by atoms with Crippen LogP contribution in [0.5, 0.6) is 0 Å². The van der Waals surface area contributed by atoms with Gasteiger partial charge in [-0.25, -0.2) is 8.42 Å². The molecule has 0 aromatic heterocycles. The average molecular weight is 413 g/mol. The molecule has 1 saturated heterocycles. The van der Waals surface area contributed by atoms with E-state index in [1.807, 2.05) is 13.8 Å². The Labute approximate surface area is 165 Å². The van der Waals surface area contributed by atoms with Crippen LogP contribution in [0.15, 0.2) is 23.1 Å². The van der Waals surface area contributed by atoms with E-state index in [1.165, 1.54) is 23.5 Å². The Balaban J connectivity index is 2.10. The molecule has 2 rings (SSSR count). The number of piperidine rings is 1. The van der Waals surface area contributed by atoms with Crippen LogP contribution in [0.2, 0.25) is 0 Å². The number of carbonyl (C=O) groups excluding carboxylic acids is 1. The number of nitro benzene ring substituents is 1. The molecule has 1 heterocycles. The summed E-state index contributed by atoms with van der Waals surface area (Å²) in [4.78, 5) is 22.9. The number of nitrogens with one attached hydrogen (secondary N) is 2. The number of hydrogen-bond acceptors (Lipinski definition) is 6. The Bertz CT molecular complexity index is 815. The highest BCUT2D eigenvalue weighted by Gasteiger charge is 2.33. The minimum atomic E-state index is -3.86. The number of nitro groups is 1. The predicted octanol–water partition coefficient (Wildman–Crippen LogP) is 2.34. The van der Waals surface area contributed by atoms with Crippen LogP contribution >= 0.6 is 0 Å². The van der Waals surface area contributed by atoms with Crippen LogP contribution in [0.4, 0.5) is 11.4 Å². The molecule has 1 fully saturated rings. The number of benzene rings is 1. The van der Waals surface area contributed by atoms with Gasteiger partial charge in [-0.15, -0.1) is 0 Å². The third-order valence-corrected chi connectivity index (χ3v) is 7.12. The maximum Gasteiger partial charge on any atom is 0.293 e. The van der Waals surface area contributed by atoms with Crippen molar-refractivity contribution < 1.29 is 18.1 Å². The van der Waals surface area contributed by atoms with Gasteiger partial charge in [0.1, 0.15) is 5.69 Å². The Morgan fingerprint density at radius 3 is 2.39 bits per heavy atom. The standard InChI is InChI=1S/C18H28N4O5S/c1-4-14(5-2)20-18(23)13-8-10-21(11-9-13)28(26,27)15-6-7-16(19-3)17(12-15)22(24)25/h6-7,12-14,19H,4-5,8-11H2,1-3H3,(H,20,23). The normalized spacial score (nSPS) is 16.1. The number of rotatable bonds is 8. The molecule has 0 spiro atoms. The van der Waals surface area contributed by atoms with Crippen LogP contribution in [-0.4, -0.2) is 49.7 Å². The van der Waals surface area contributed by atoms with Crippen LogP contribution in [0.1, 0.15) is 39.5 Å². The molecule has 1 aliphatic heterocycles. The molecule has 0 saturated carbocycles. The zero-order valence-electron chi connectivity index (χ0n) is 16.5. The number of hydrogen-bond donors (Lipinski definition) is 2. The van der Waals surface area contributed by atoms with Crippen molar-refractivity contribution in [3.8, 4) is 0 Å². The molecule has 0 unspecified atom stereocenters. The van der Waals surface area contributed by atoms with Crippen molar-refractivity contribution in [2.75, 3.05) is 25.5 Å². The fourth-order valence-corrected chi connectivity index (χ4v) is 4.84. The van der Waals surface area contributed by atoms with Crippen LogP contribution in [0.25, 0.3) is 0 Å². The summed E-state index contributed by atoms with van der Waals surface area (Å²) in [7, 11) is -2.32. The van der Waals surface area contributed by atoms with Crippen LogP contribution < -0.4 is 10.6 Å². The van der Waals surface area contributed by atoms with Crippen molar-refractivity contribution in [2.24, 2.45) is 5.92 Å². The third-order valence-electron chi connectivity index (χ3n) is 5.23. The second-order valence-electron chi connectivity index (χ2n) is 6.89. The molecule has 28 heavy (non-hydrogen) atoms. The van der Waals surface area contributed by atoms with Gasteiger partial charge in [0.05, 0.1) is 9.82 Å². The summed E-state index contributed by atoms with van der Waals surface area (Å²) in [5, 5.41) is 16.9. The predicted molar refractivity (Wildman–Crippen MR) is 107 cm³/mol. The van der Waals surface area contributed by atoms with Crippen molar-refractivity contribution in [3.63, 3.8) is 0 Å². The minimum Gasteiger partial charge on any atom is -0.383 e. The zero-order chi connectivity index (χ0) is 20.9. The smallest absolute Gasteiger partial charge is 0.293 e. The number of carbonyl (C=O) groups is 1. The molecule has 9 nitrogen and oxygen atoms in total. The lowest BCUT2D eigenvalue weighted by Gasteiger charge is -2.31. The average Bonchev–Trinajstić information content (AvgIpc) is 2.71. The second kappa shape index (κ2) is 9.33. The number of anilines is 1. The molecule has 0 atom stereocenters. The van der Waals surface area contributed by atoms with Gasteiger partial charge in [0, 0.05) is 38.2 Å². The summed E-state index contributed by atoms with van der Waals surface area (Å²) in [5.41, 5.74) is -0.0382. The van der Waals surface area contributed by atoms with Crippen molar-refractivity contribution in [1.82, 2.24) is 9.62 Å². The molecule has 0 aliphatic carbocycles. The van der Waals surface area contributed by atoms with Crippen LogP contribution in [0, 0.1) is 16.0 Å². The summed E-state index contributed by atoms with van der Waals surface area (Å²) in [5.74, 6) is -0.243. The molecule has 156 valence electrons. The molecule has 1 aromatic carbocycles. The van der Waals surface area contributed by atoms with Gasteiger partial charge in [-0.2, -0.15) is 4.31 Å². The van der Waals surface area contributed by atoms with Gasteiger partial charge < -0.3 is 10.6 Å². The fourth-order valence-electron chi connectivity index (χ4n) is 3.35. The van der Waals surface area contributed by atoms with Crippen molar-refractivity contribution in [2.45, 2.75) is 50.5 Å². The van der Waals surface area contributed by atoms with E-state index in [4.69, 9.17) is 0 Å². The lowest BCUT2D eigenvalue weighted by molar-refractivity contribution is -0.384. The molecule has 2 N–H and O–H groups in total. The van der Waals surface area contributed by atoms with Gasteiger partial charge in [0.2, 0.25) is 15.9 Å². The lowest BCUT2D eigenvalue weighted by atomic mass is 9.96. The van der Waals surface area contributed by atoms with E-state index in [1.54, 1.807) is 0 Å². The van der Waals surface area contributed by atoms with Crippen LogP contribution in [0.3, 0.4) is 0 Å². The van der Waals surface area contributed by atoms with E-state index >= 15 is 0 Å². The first-order chi connectivity index (χ1) is 13.2. The van der Waals surface area contributed by atoms with E-state index < -0.39 is 14.9 Å². The van der Waals surface area contributed by atoms with Crippen molar-refractivity contribution in [3.05, 3.63) is 28.3 Å². The number of sulfonamides is 1. The highest BCUT2D eigenvalue weighted by molar-refractivity contribution is 7.89. The first-order valence-electron chi connectivity index (χ1n) is 9.51. The number of nitrogens with zero attached hydrogens (tertiary/aromatic N) is 2. The molecule has 1 aromatic rings. The van der Waals surface area contributed by atoms with Gasteiger partial charge in [0.25, 0.3) is 5.69 Å². The zero-order valence-corrected chi connectivity index (χ0v) is 17.3. The maximum atomic E-state index is 12.9. The molecular weight excluding hydrogens is 384 g/mol. The summed E-state index contributed by atoms with van der Waals surface area (Å²) >= 11 is 0. The van der Waals surface area contributed by atoms with Crippen molar-refractivity contribution in [1.29, 1.82) is 0 Å². The molecule has 1 aliphatic rings. The third kappa shape index (κ3) is 4.79. The Morgan fingerprint density at radius 1 is 1.29 bits per heavy atom. The summed E-state index contributed by atoms with van der Waals surface area (Å²) < 4.78 is 27.1. The molecule has 1 amide bonds. The van der Waals surface area contributed by atoms with Gasteiger partial charge in [-0.05, 0) is 37.8 Å². The van der Waals surface area contributed by atoms with E-state index in [0.717, 1.165) is 18.9 Å². The first-order valence-corrected chi connectivity index (χ1v) is 10.9. The summed E-state index contributed by atoms with van der Waals surface area (Å²) in [6, 6.07) is 3.97. The highest BCUT2D eigenvalue weighted by atomic mass is 32.2. The van der Waals surface area contributed by atoms with Gasteiger partial charge in [-0.1, -0.05) is 13.8 Å². The Hall–Kier alpha value is -2.20. The molecular formula is C18H28N4O5S. The molecule has 10 heteroatoms. The first kappa shape index (κ1) is 22.1. The topological polar surface area (TPSA) is 122 Å². The molecule has 0 bridgehead atoms. The molecule has 0 radical (unpaired) electrons. The Morgan fingerprint density at radius 2 is 1.89 bits per heavy atom. The van der Waals surface area contributed by atoms with E-state index in [0.29, 0.717) is 12.8 Å². The monoisotopic (exact) mass is 412 g/mol. The van der Waals surface area contributed by atoms with Gasteiger partial charge in [0.15, 0.2) is 0 Å². The maximum absolute atomic E-state index is 12.9. The van der Waals surface area contributed by atoms with E-state index in [2.05, 4.69) is 10.6 Å². The second-order valence-corrected chi connectivity index (χ2v) is 8.82. The quantitative estimate of drug-likeness (QED) is 0.499. The largest absolute Gasteiger partial charge is 0.383 e. The van der Waals surface area contributed by atoms with E-state index in [-0.39, 0.29) is 47.2 Å². The fraction of sp³-hybridized carbons (Fsp3) is 0.611. The summed E-state index contributed by atoms with van der Waals surface area (Å²) in [6.07, 6.45) is 2.58. The minimum absolute atomic E-state index is 0.0280. The lowest BCUT2D eigenvalue weighted by Crippen LogP contribution is -2.45. The Kier molecular flexibility index (Phi) is 7.36. The van der Waals surface area contributed by atoms with Crippen molar-refractivity contribution >= 4 is 27.3 Å². The van der Waals surface area contributed by atoms with Gasteiger partial charge >= 0.3 is 0 Å². The highest BCUT2D eigenvalue weighted by Crippen LogP contribution is 2.30. The summed E-state index contributed by atoms with van der Waals surface area (Å²) in [6.45, 7) is 4.46. The van der Waals surface area contributed by atoms with Gasteiger partial charge in [-0.3, -0.25) is 14.9 Å².